The van der Waals surface area contributed by atoms with Crippen molar-refractivity contribution in [2.45, 2.75) is 0 Å². The minimum absolute atomic E-state index is 0.769. The largest absolute Gasteiger partial charge is 0.457 e. The highest BCUT2D eigenvalue weighted by atomic mass is 16.5. The van der Waals surface area contributed by atoms with Crippen LogP contribution in [-0.4, -0.2) is 9.97 Å². The van der Waals surface area contributed by atoms with Crippen LogP contribution in [0.25, 0.3) is 44.1 Å². The number of rotatable bonds is 4. The summed E-state index contributed by atoms with van der Waals surface area (Å²) in [6.07, 6.45) is 3.67. The molecule has 0 aliphatic carbocycles. The van der Waals surface area contributed by atoms with Gasteiger partial charge in [0.05, 0.1) is 11.4 Å². The van der Waals surface area contributed by atoms with E-state index in [2.05, 4.69) is 58.5 Å². The first-order valence-corrected chi connectivity index (χ1v) is 10.9. The Labute approximate surface area is 192 Å². The van der Waals surface area contributed by atoms with E-state index in [1.807, 2.05) is 73.1 Å². The summed E-state index contributed by atoms with van der Waals surface area (Å²) < 4.78 is 6.47. The van der Waals surface area contributed by atoms with Gasteiger partial charge in [0, 0.05) is 34.3 Å². The quantitative estimate of drug-likeness (QED) is 0.288. The van der Waals surface area contributed by atoms with E-state index >= 15 is 0 Å². The van der Waals surface area contributed by atoms with E-state index in [1.54, 1.807) is 0 Å². The highest BCUT2D eigenvalue weighted by Crippen LogP contribution is 2.36. The summed E-state index contributed by atoms with van der Waals surface area (Å²) in [5, 5.41) is 4.47. The molecule has 0 saturated carbocycles. The van der Waals surface area contributed by atoms with Gasteiger partial charge in [0.2, 0.25) is 0 Å². The van der Waals surface area contributed by atoms with Crippen LogP contribution in [-0.2, 0) is 0 Å². The van der Waals surface area contributed by atoms with Gasteiger partial charge in [-0.05, 0) is 53.2 Å². The van der Waals surface area contributed by atoms with Gasteiger partial charge in [0.15, 0.2) is 0 Å². The van der Waals surface area contributed by atoms with Crippen molar-refractivity contribution < 1.29 is 4.74 Å². The third kappa shape index (κ3) is 3.70. The van der Waals surface area contributed by atoms with Crippen LogP contribution in [0.5, 0.6) is 11.5 Å². The Morgan fingerprint density at radius 3 is 2.21 bits per heavy atom. The summed E-state index contributed by atoms with van der Waals surface area (Å²) in [4.78, 5) is 9.19. The van der Waals surface area contributed by atoms with Crippen molar-refractivity contribution in [3.63, 3.8) is 0 Å². The molecule has 2 aromatic heterocycles. The molecule has 0 N–H and O–H groups in total. The third-order valence-electron chi connectivity index (χ3n) is 5.79. The second-order valence-electron chi connectivity index (χ2n) is 7.92. The van der Waals surface area contributed by atoms with Crippen molar-refractivity contribution in [1.29, 1.82) is 0 Å². The number of benzene rings is 4. The second-order valence-corrected chi connectivity index (χ2v) is 7.92. The Bertz CT molecular complexity index is 1590. The highest BCUT2D eigenvalue weighted by Gasteiger charge is 2.11. The molecular formula is C30H20N2O. The van der Waals surface area contributed by atoms with Gasteiger partial charge in [-0.15, -0.1) is 0 Å². The molecule has 0 aliphatic rings. The van der Waals surface area contributed by atoms with Crippen molar-refractivity contribution in [2.24, 2.45) is 0 Å². The summed E-state index contributed by atoms with van der Waals surface area (Å²) in [6.45, 7) is 0. The van der Waals surface area contributed by atoms with Crippen LogP contribution in [0.1, 0.15) is 0 Å². The Morgan fingerprint density at radius 1 is 0.515 bits per heavy atom. The van der Waals surface area contributed by atoms with Crippen molar-refractivity contribution in [3.05, 3.63) is 122 Å². The molecule has 0 bridgehead atoms. The molecule has 6 rings (SSSR count). The number of aromatic nitrogens is 2. The molecule has 156 valence electrons. The van der Waals surface area contributed by atoms with E-state index in [-0.39, 0.29) is 0 Å². The Morgan fingerprint density at radius 2 is 1.33 bits per heavy atom. The van der Waals surface area contributed by atoms with E-state index in [0.29, 0.717) is 0 Å². The van der Waals surface area contributed by atoms with Crippen molar-refractivity contribution in [2.75, 3.05) is 0 Å². The molecular weight excluding hydrogens is 404 g/mol. The van der Waals surface area contributed by atoms with Gasteiger partial charge in [-0.25, -0.2) is 0 Å². The summed E-state index contributed by atoms with van der Waals surface area (Å²) in [6, 6.07) is 36.9. The third-order valence-corrected chi connectivity index (χ3v) is 5.79. The van der Waals surface area contributed by atoms with Crippen LogP contribution in [0.4, 0.5) is 0 Å². The zero-order valence-corrected chi connectivity index (χ0v) is 17.8. The molecule has 0 saturated heterocycles. The lowest BCUT2D eigenvalue weighted by molar-refractivity contribution is 0.489. The minimum Gasteiger partial charge on any atom is -0.457 e. The molecule has 0 atom stereocenters. The molecule has 0 fully saturated rings. The van der Waals surface area contributed by atoms with E-state index in [9.17, 15) is 0 Å². The van der Waals surface area contributed by atoms with Crippen LogP contribution >= 0.6 is 0 Å². The number of ether oxygens (including phenoxy) is 1. The number of pyridine rings is 2. The number of hydrogen-bond donors (Lipinski definition) is 0. The molecule has 2 heterocycles. The average molecular weight is 425 g/mol. The van der Waals surface area contributed by atoms with Crippen LogP contribution in [0.2, 0.25) is 0 Å². The molecule has 0 spiro atoms. The first kappa shape index (κ1) is 19.2. The Balaban J connectivity index is 1.45. The van der Waals surface area contributed by atoms with E-state index in [4.69, 9.17) is 4.74 Å². The fraction of sp³-hybridized carbons (Fsp3) is 0. The molecule has 0 aliphatic heterocycles. The number of fused-ring (bicyclic) bond motifs is 2. The van der Waals surface area contributed by atoms with Gasteiger partial charge in [0.1, 0.15) is 11.5 Å². The SMILES string of the molecule is c1ccc(-c2cc(Oc3cccc(-c4nccc5ccccc45)c3)c3ccccc3c2)nc1. The van der Waals surface area contributed by atoms with Gasteiger partial charge in [-0.3, -0.25) is 9.97 Å². The zero-order chi connectivity index (χ0) is 22.0. The van der Waals surface area contributed by atoms with Crippen LogP contribution in [0.15, 0.2) is 122 Å². The molecule has 4 aromatic carbocycles. The zero-order valence-electron chi connectivity index (χ0n) is 17.8. The maximum Gasteiger partial charge on any atom is 0.135 e. The maximum absolute atomic E-state index is 6.47. The summed E-state index contributed by atoms with van der Waals surface area (Å²) in [7, 11) is 0. The first-order chi connectivity index (χ1) is 16.3. The fourth-order valence-corrected chi connectivity index (χ4v) is 4.22. The Kier molecular flexibility index (Phi) is 4.78. The summed E-state index contributed by atoms with van der Waals surface area (Å²) >= 11 is 0. The molecule has 33 heavy (non-hydrogen) atoms. The second kappa shape index (κ2) is 8.21. The predicted octanol–water partition coefficient (Wildman–Crippen LogP) is 7.91. The predicted molar refractivity (Wildman–Crippen MR) is 134 cm³/mol. The van der Waals surface area contributed by atoms with E-state index in [0.717, 1.165) is 50.2 Å². The standard InChI is InChI=1S/C30H20N2O/c1-4-13-27-21(8-1)15-17-32-30(27)23-10-7-11-25(19-23)33-29-20-24(28-14-5-6-16-31-28)18-22-9-2-3-12-26(22)29/h1-20H. The minimum atomic E-state index is 0.769. The average Bonchev–Trinajstić information content (AvgIpc) is 2.89. The molecule has 0 unspecified atom stereocenters. The van der Waals surface area contributed by atoms with Crippen molar-refractivity contribution in [3.8, 4) is 34.0 Å². The number of hydrogen-bond acceptors (Lipinski definition) is 3. The smallest absolute Gasteiger partial charge is 0.135 e. The monoisotopic (exact) mass is 424 g/mol. The van der Waals surface area contributed by atoms with Gasteiger partial charge in [-0.1, -0.05) is 66.7 Å². The van der Waals surface area contributed by atoms with E-state index < -0.39 is 0 Å². The van der Waals surface area contributed by atoms with Crippen LogP contribution in [0.3, 0.4) is 0 Å². The van der Waals surface area contributed by atoms with Gasteiger partial charge in [0.25, 0.3) is 0 Å². The van der Waals surface area contributed by atoms with Crippen molar-refractivity contribution >= 4 is 21.5 Å². The molecule has 3 heteroatoms. The molecule has 0 radical (unpaired) electrons. The Hall–Kier alpha value is -4.50. The normalized spacial score (nSPS) is 11.0. The lowest BCUT2D eigenvalue weighted by Gasteiger charge is -2.13. The summed E-state index contributed by atoms with van der Waals surface area (Å²) in [5.74, 6) is 1.57. The lowest BCUT2D eigenvalue weighted by Crippen LogP contribution is -1.91. The fourth-order valence-electron chi connectivity index (χ4n) is 4.22. The lowest BCUT2D eigenvalue weighted by atomic mass is 10.0. The van der Waals surface area contributed by atoms with Gasteiger partial charge < -0.3 is 4.74 Å². The van der Waals surface area contributed by atoms with Gasteiger partial charge >= 0.3 is 0 Å². The molecule has 6 aromatic rings. The highest BCUT2D eigenvalue weighted by molar-refractivity contribution is 5.95. The summed E-state index contributed by atoms with van der Waals surface area (Å²) in [5.41, 5.74) is 3.91. The van der Waals surface area contributed by atoms with Crippen LogP contribution in [0, 0.1) is 0 Å². The first-order valence-electron chi connectivity index (χ1n) is 10.9. The van der Waals surface area contributed by atoms with Gasteiger partial charge in [-0.2, -0.15) is 0 Å². The topological polar surface area (TPSA) is 35.0 Å². The molecule has 3 nitrogen and oxygen atoms in total. The van der Waals surface area contributed by atoms with E-state index in [1.165, 1.54) is 5.39 Å². The van der Waals surface area contributed by atoms with Crippen molar-refractivity contribution in [1.82, 2.24) is 9.97 Å². The number of nitrogens with zero attached hydrogens (tertiary/aromatic N) is 2. The van der Waals surface area contributed by atoms with Crippen LogP contribution < -0.4 is 4.74 Å². The molecule has 0 amide bonds. The maximum atomic E-state index is 6.47.